The highest BCUT2D eigenvalue weighted by Crippen LogP contribution is 2.17. The summed E-state index contributed by atoms with van der Waals surface area (Å²) in [5.74, 6) is -0.342. The Hall–Kier alpha value is -2.02. The van der Waals surface area contributed by atoms with Gasteiger partial charge in [-0.15, -0.1) is 0 Å². The van der Waals surface area contributed by atoms with Gasteiger partial charge in [-0.25, -0.2) is 4.79 Å². The summed E-state index contributed by atoms with van der Waals surface area (Å²) >= 11 is 0. The molecule has 1 rings (SSSR count). The molecule has 0 aliphatic rings. The van der Waals surface area contributed by atoms with Gasteiger partial charge in [0, 0.05) is 5.69 Å². The standard InChI is InChI=1S/C14H18N2O2/c1-10-5-6-13(11(2)9-10)16-12(3)14(17)18-8-4-7-15/h5-6,9,12,16H,4,8H2,1-3H3/t12-/m0/s1. The van der Waals surface area contributed by atoms with E-state index in [1.54, 1.807) is 6.92 Å². The maximum Gasteiger partial charge on any atom is 0.328 e. The molecule has 96 valence electrons. The van der Waals surface area contributed by atoms with E-state index in [9.17, 15) is 4.79 Å². The van der Waals surface area contributed by atoms with Gasteiger partial charge in [0.25, 0.3) is 0 Å². The van der Waals surface area contributed by atoms with E-state index in [4.69, 9.17) is 10.00 Å². The minimum absolute atomic E-state index is 0.147. The van der Waals surface area contributed by atoms with Crippen molar-refractivity contribution in [3.63, 3.8) is 0 Å². The number of hydrogen-bond acceptors (Lipinski definition) is 4. The average molecular weight is 246 g/mol. The fourth-order valence-corrected chi connectivity index (χ4v) is 1.59. The Labute approximate surface area is 108 Å². The highest BCUT2D eigenvalue weighted by molar-refractivity contribution is 5.79. The van der Waals surface area contributed by atoms with Crippen LogP contribution in [0.4, 0.5) is 5.69 Å². The third kappa shape index (κ3) is 4.10. The lowest BCUT2D eigenvalue weighted by Gasteiger charge is -2.16. The average Bonchev–Trinajstić information content (AvgIpc) is 2.32. The second-order valence-corrected chi connectivity index (χ2v) is 4.26. The molecule has 1 N–H and O–H groups in total. The van der Waals surface area contributed by atoms with Gasteiger partial charge in [0.05, 0.1) is 12.5 Å². The van der Waals surface area contributed by atoms with Gasteiger partial charge in [0.1, 0.15) is 12.6 Å². The normalized spacial score (nSPS) is 11.4. The van der Waals surface area contributed by atoms with Crippen molar-refractivity contribution in [1.82, 2.24) is 0 Å². The first-order valence-corrected chi connectivity index (χ1v) is 5.92. The molecule has 0 aromatic heterocycles. The molecule has 18 heavy (non-hydrogen) atoms. The van der Waals surface area contributed by atoms with Crippen LogP contribution in [0, 0.1) is 25.2 Å². The van der Waals surface area contributed by atoms with Crippen LogP contribution in [0.5, 0.6) is 0 Å². The van der Waals surface area contributed by atoms with Crippen LogP contribution in [-0.4, -0.2) is 18.6 Å². The minimum atomic E-state index is -0.426. The predicted molar refractivity (Wildman–Crippen MR) is 70.2 cm³/mol. The molecule has 0 unspecified atom stereocenters. The molecular formula is C14H18N2O2. The van der Waals surface area contributed by atoms with Crippen molar-refractivity contribution in [1.29, 1.82) is 5.26 Å². The predicted octanol–water partition coefficient (Wildman–Crippen LogP) is 2.56. The van der Waals surface area contributed by atoms with Crippen molar-refractivity contribution in [3.05, 3.63) is 29.3 Å². The van der Waals surface area contributed by atoms with Crippen molar-refractivity contribution < 1.29 is 9.53 Å². The summed E-state index contributed by atoms with van der Waals surface area (Å²) in [5, 5.41) is 11.5. The van der Waals surface area contributed by atoms with E-state index < -0.39 is 6.04 Å². The summed E-state index contributed by atoms with van der Waals surface area (Å²) in [6.07, 6.45) is 0.224. The molecule has 0 radical (unpaired) electrons. The topological polar surface area (TPSA) is 62.1 Å². The Morgan fingerprint density at radius 2 is 2.22 bits per heavy atom. The van der Waals surface area contributed by atoms with E-state index in [1.165, 1.54) is 5.56 Å². The fraction of sp³-hybridized carbons (Fsp3) is 0.429. The number of aryl methyl sites for hydroxylation is 2. The third-order valence-corrected chi connectivity index (χ3v) is 2.57. The molecule has 0 aliphatic carbocycles. The quantitative estimate of drug-likeness (QED) is 0.640. The van der Waals surface area contributed by atoms with E-state index in [-0.39, 0.29) is 19.0 Å². The number of carbonyl (C=O) groups excluding carboxylic acids is 1. The smallest absolute Gasteiger partial charge is 0.328 e. The Morgan fingerprint density at radius 3 is 2.83 bits per heavy atom. The molecule has 0 bridgehead atoms. The zero-order valence-electron chi connectivity index (χ0n) is 11.0. The largest absolute Gasteiger partial charge is 0.463 e. The molecule has 0 saturated carbocycles. The molecule has 1 atom stereocenters. The lowest BCUT2D eigenvalue weighted by molar-refractivity contribution is -0.143. The number of benzene rings is 1. The number of hydrogen-bond donors (Lipinski definition) is 1. The van der Waals surface area contributed by atoms with Crippen molar-refractivity contribution in [2.24, 2.45) is 0 Å². The minimum Gasteiger partial charge on any atom is -0.463 e. The van der Waals surface area contributed by atoms with Crippen LogP contribution in [0.15, 0.2) is 18.2 Å². The number of nitrogens with zero attached hydrogens (tertiary/aromatic N) is 1. The summed E-state index contributed by atoms with van der Waals surface area (Å²) in [5.41, 5.74) is 3.19. The summed E-state index contributed by atoms with van der Waals surface area (Å²) in [7, 11) is 0. The summed E-state index contributed by atoms with van der Waals surface area (Å²) in [6, 6.07) is 7.49. The maximum atomic E-state index is 11.6. The van der Waals surface area contributed by atoms with Crippen LogP contribution in [0.25, 0.3) is 0 Å². The van der Waals surface area contributed by atoms with E-state index in [2.05, 4.69) is 11.4 Å². The van der Waals surface area contributed by atoms with Crippen LogP contribution < -0.4 is 5.32 Å². The van der Waals surface area contributed by atoms with E-state index in [0.717, 1.165) is 11.3 Å². The van der Waals surface area contributed by atoms with E-state index in [0.29, 0.717) is 0 Å². The molecule has 0 spiro atoms. The number of ether oxygens (including phenoxy) is 1. The van der Waals surface area contributed by atoms with Crippen LogP contribution in [0.2, 0.25) is 0 Å². The molecule has 1 aromatic carbocycles. The number of esters is 1. The van der Waals surface area contributed by atoms with Gasteiger partial charge in [0.15, 0.2) is 0 Å². The first kappa shape index (κ1) is 14.0. The Bertz CT molecular complexity index is 463. The van der Waals surface area contributed by atoms with Gasteiger partial charge < -0.3 is 10.1 Å². The van der Waals surface area contributed by atoms with Gasteiger partial charge >= 0.3 is 5.97 Å². The SMILES string of the molecule is Cc1ccc(N[C@@H](C)C(=O)OCCC#N)c(C)c1. The van der Waals surface area contributed by atoms with Crippen molar-refractivity contribution in [2.75, 3.05) is 11.9 Å². The fourth-order valence-electron chi connectivity index (χ4n) is 1.59. The molecule has 0 saturated heterocycles. The van der Waals surface area contributed by atoms with Crippen LogP contribution in [-0.2, 0) is 9.53 Å². The van der Waals surface area contributed by atoms with Gasteiger partial charge in [-0.05, 0) is 32.4 Å². The van der Waals surface area contributed by atoms with Crippen LogP contribution in [0.1, 0.15) is 24.5 Å². The van der Waals surface area contributed by atoms with Crippen molar-refractivity contribution in [2.45, 2.75) is 33.2 Å². The maximum absolute atomic E-state index is 11.6. The Morgan fingerprint density at radius 1 is 1.50 bits per heavy atom. The lowest BCUT2D eigenvalue weighted by atomic mass is 10.1. The highest BCUT2D eigenvalue weighted by atomic mass is 16.5. The number of rotatable bonds is 5. The number of nitriles is 1. The number of anilines is 1. The monoisotopic (exact) mass is 246 g/mol. The molecular weight excluding hydrogens is 228 g/mol. The van der Waals surface area contributed by atoms with Gasteiger partial charge in [-0.1, -0.05) is 17.7 Å². The Balaban J connectivity index is 2.56. The van der Waals surface area contributed by atoms with Gasteiger partial charge in [-0.3, -0.25) is 0 Å². The summed E-state index contributed by atoms with van der Waals surface area (Å²) in [6.45, 7) is 5.90. The molecule has 0 heterocycles. The van der Waals surface area contributed by atoms with Gasteiger partial charge in [0.2, 0.25) is 0 Å². The number of carbonyl (C=O) groups is 1. The Kier molecular flexibility index (Phi) is 5.19. The van der Waals surface area contributed by atoms with Crippen LogP contribution >= 0.6 is 0 Å². The summed E-state index contributed by atoms with van der Waals surface area (Å²) in [4.78, 5) is 11.6. The van der Waals surface area contributed by atoms with E-state index >= 15 is 0 Å². The second-order valence-electron chi connectivity index (χ2n) is 4.26. The molecule has 4 heteroatoms. The van der Waals surface area contributed by atoms with Crippen molar-refractivity contribution >= 4 is 11.7 Å². The van der Waals surface area contributed by atoms with Crippen LogP contribution in [0.3, 0.4) is 0 Å². The zero-order valence-corrected chi connectivity index (χ0v) is 11.0. The second kappa shape index (κ2) is 6.65. The van der Waals surface area contributed by atoms with Crippen molar-refractivity contribution in [3.8, 4) is 6.07 Å². The third-order valence-electron chi connectivity index (χ3n) is 2.57. The summed E-state index contributed by atoms with van der Waals surface area (Å²) < 4.78 is 4.96. The first-order chi connectivity index (χ1) is 8.54. The van der Waals surface area contributed by atoms with Gasteiger partial charge in [-0.2, -0.15) is 5.26 Å². The first-order valence-electron chi connectivity index (χ1n) is 5.92. The number of nitrogens with one attached hydrogen (secondary N) is 1. The zero-order chi connectivity index (χ0) is 13.5. The lowest BCUT2D eigenvalue weighted by Crippen LogP contribution is -2.28. The molecule has 0 aliphatic heterocycles. The molecule has 0 fully saturated rings. The molecule has 4 nitrogen and oxygen atoms in total. The highest BCUT2D eigenvalue weighted by Gasteiger charge is 2.14. The molecule has 1 aromatic rings. The molecule has 0 amide bonds. The van der Waals surface area contributed by atoms with E-state index in [1.807, 2.05) is 32.0 Å².